The van der Waals surface area contributed by atoms with Gasteiger partial charge in [-0.1, -0.05) is 54.7 Å². The molecule has 0 aliphatic rings. The smallest absolute Gasteiger partial charge is 0.0960 e. The van der Waals surface area contributed by atoms with Gasteiger partial charge in [-0.3, -0.25) is 0 Å². The molecule has 0 saturated carbocycles. The molecule has 0 aliphatic carbocycles. The maximum Gasteiger partial charge on any atom is 0.0960 e. The summed E-state index contributed by atoms with van der Waals surface area (Å²) in [6.07, 6.45) is 1.16. The van der Waals surface area contributed by atoms with Gasteiger partial charge >= 0.3 is 0 Å². The van der Waals surface area contributed by atoms with Gasteiger partial charge in [0.25, 0.3) is 0 Å². The molecule has 0 amide bonds. The lowest BCUT2D eigenvalue weighted by Crippen LogP contribution is -2.37. The zero-order valence-electron chi connectivity index (χ0n) is 16.6. The Morgan fingerprint density at radius 2 is 1.14 bits per heavy atom. The van der Waals surface area contributed by atoms with Gasteiger partial charge in [0.1, 0.15) is 0 Å². The Balaban J connectivity index is 4.34. The summed E-state index contributed by atoms with van der Waals surface area (Å²) in [5.41, 5.74) is 1.65. The molecule has 22 heavy (non-hydrogen) atoms. The van der Waals surface area contributed by atoms with Gasteiger partial charge in [-0.05, 0) is 11.8 Å². The van der Waals surface area contributed by atoms with E-state index in [2.05, 4.69) is 90.5 Å². The molecule has 130 valence electrons. The fourth-order valence-electron chi connectivity index (χ4n) is 2.06. The van der Waals surface area contributed by atoms with E-state index in [0.717, 1.165) is 31.9 Å². The van der Waals surface area contributed by atoms with Crippen LogP contribution >= 0.6 is 0 Å². The third-order valence-electron chi connectivity index (χ3n) is 4.18. The molecule has 3 heteroatoms. The van der Waals surface area contributed by atoms with Crippen LogP contribution < -0.4 is 0 Å². The molecule has 3 nitrogen and oxygen atoms in total. The highest BCUT2D eigenvalue weighted by molar-refractivity contribution is 5.03. The average molecular weight is 310 g/mol. The van der Waals surface area contributed by atoms with Crippen LogP contribution in [-0.2, 0) is 0 Å². The largest absolute Gasteiger partial charge is 0.376 e. The quantitative estimate of drug-likeness (QED) is 0.663. The Labute approximate surface area is 139 Å². The number of likely N-dealkylation sites (N-methyl/N-ethyl adjacent to an activating group) is 2. The van der Waals surface area contributed by atoms with Crippen LogP contribution in [0.4, 0.5) is 0 Å². The van der Waals surface area contributed by atoms with Gasteiger partial charge in [-0.25, -0.2) is 0 Å². The van der Waals surface area contributed by atoms with Gasteiger partial charge in [0.2, 0.25) is 0 Å². The van der Waals surface area contributed by atoms with Crippen molar-refractivity contribution >= 4 is 0 Å². The van der Waals surface area contributed by atoms with Crippen LogP contribution in [0.5, 0.6) is 0 Å². The van der Waals surface area contributed by atoms with Crippen LogP contribution in [0.2, 0.25) is 0 Å². The van der Waals surface area contributed by atoms with Crippen molar-refractivity contribution in [2.75, 3.05) is 40.8 Å². The lowest BCUT2D eigenvalue weighted by molar-refractivity contribution is 0.218. The molecule has 0 atom stereocenters. The highest BCUT2D eigenvalue weighted by Crippen LogP contribution is 2.25. The lowest BCUT2D eigenvalue weighted by atomic mass is 9.92. The minimum Gasteiger partial charge on any atom is -0.376 e. The topological polar surface area (TPSA) is 9.72 Å². The fourth-order valence-corrected chi connectivity index (χ4v) is 2.06. The molecule has 0 aromatic heterocycles. The highest BCUT2D eigenvalue weighted by Gasteiger charge is 2.19. The lowest BCUT2D eigenvalue weighted by Gasteiger charge is -2.35. The first-order chi connectivity index (χ1) is 9.75. The van der Waals surface area contributed by atoms with Gasteiger partial charge in [0.05, 0.1) is 5.82 Å². The second kappa shape index (κ2) is 7.94. The molecule has 0 heterocycles. The number of rotatable bonds is 8. The number of nitrogens with zero attached hydrogens (tertiary/aromatic N) is 3. The molecular formula is C19H39N3. The molecule has 0 bridgehead atoms. The zero-order chi connectivity index (χ0) is 17.7. The second-order valence-electron chi connectivity index (χ2n) is 8.69. The van der Waals surface area contributed by atoms with Gasteiger partial charge in [0, 0.05) is 51.9 Å². The maximum atomic E-state index is 4.24. The van der Waals surface area contributed by atoms with E-state index < -0.39 is 0 Å². The summed E-state index contributed by atoms with van der Waals surface area (Å²) in [6.45, 7) is 24.8. The summed E-state index contributed by atoms with van der Waals surface area (Å²) in [4.78, 5) is 6.73. The molecule has 0 aromatic rings. The monoisotopic (exact) mass is 309 g/mol. The van der Waals surface area contributed by atoms with Crippen molar-refractivity contribution in [1.82, 2.24) is 14.7 Å². The van der Waals surface area contributed by atoms with Crippen molar-refractivity contribution in [1.29, 1.82) is 0 Å². The molecule has 0 fully saturated rings. The molecule has 0 unspecified atom stereocenters. The maximum absolute atomic E-state index is 4.24. The SMILES string of the molecule is C=C(N(C)CCN(C)C(=C)C(C)(C)C)N(C)CCC(C)(C)C. The molecule has 0 rings (SSSR count). The Bertz CT molecular complexity index is 371. The van der Waals surface area contributed by atoms with E-state index in [4.69, 9.17) is 0 Å². The molecule has 0 spiro atoms. The fraction of sp³-hybridized carbons (Fsp3) is 0.789. The first-order valence-corrected chi connectivity index (χ1v) is 8.27. The Morgan fingerprint density at radius 3 is 1.55 bits per heavy atom. The third kappa shape index (κ3) is 7.77. The minimum absolute atomic E-state index is 0.119. The van der Waals surface area contributed by atoms with E-state index in [0.29, 0.717) is 5.41 Å². The van der Waals surface area contributed by atoms with Crippen molar-refractivity contribution in [3.8, 4) is 0 Å². The Hall–Kier alpha value is -1.12. The van der Waals surface area contributed by atoms with Gasteiger partial charge in [0.15, 0.2) is 0 Å². The summed E-state index contributed by atoms with van der Waals surface area (Å²) in [6, 6.07) is 0. The van der Waals surface area contributed by atoms with Crippen LogP contribution in [0.1, 0.15) is 48.0 Å². The van der Waals surface area contributed by atoms with Crippen molar-refractivity contribution < 1.29 is 0 Å². The summed E-state index contributed by atoms with van der Waals surface area (Å²) in [7, 11) is 6.36. The van der Waals surface area contributed by atoms with E-state index in [1.807, 2.05) is 0 Å². The van der Waals surface area contributed by atoms with Gasteiger partial charge in [-0.2, -0.15) is 0 Å². The first kappa shape index (κ1) is 20.9. The second-order valence-corrected chi connectivity index (χ2v) is 8.69. The average Bonchev–Trinajstić information content (AvgIpc) is 2.37. The summed E-state index contributed by atoms with van der Waals surface area (Å²) in [5.74, 6) is 1.08. The summed E-state index contributed by atoms with van der Waals surface area (Å²) >= 11 is 0. The minimum atomic E-state index is 0.119. The van der Waals surface area contributed by atoms with Crippen LogP contribution in [0.25, 0.3) is 0 Å². The zero-order valence-corrected chi connectivity index (χ0v) is 16.6. The van der Waals surface area contributed by atoms with Crippen molar-refractivity contribution in [2.24, 2.45) is 10.8 Å². The predicted octanol–water partition coefficient (Wildman–Crippen LogP) is 4.25. The third-order valence-corrected chi connectivity index (χ3v) is 4.18. The standard InChI is InChI=1S/C19H39N3/c1-16(19(6,7)8)20(9)14-15-22(11)17(2)21(10)13-12-18(3,4)5/h1-2,12-15H2,3-11H3. The number of hydrogen-bond donors (Lipinski definition) is 0. The molecule has 0 aliphatic heterocycles. The summed E-state index contributed by atoms with van der Waals surface area (Å²) in [5, 5.41) is 0. The van der Waals surface area contributed by atoms with E-state index in [1.165, 1.54) is 5.70 Å². The number of hydrogen-bond acceptors (Lipinski definition) is 3. The van der Waals surface area contributed by atoms with E-state index in [9.17, 15) is 0 Å². The molecule has 0 N–H and O–H groups in total. The highest BCUT2D eigenvalue weighted by atomic mass is 15.3. The van der Waals surface area contributed by atoms with Crippen LogP contribution in [-0.4, -0.2) is 55.5 Å². The molecule has 0 aromatic carbocycles. The normalized spacial score (nSPS) is 12.0. The van der Waals surface area contributed by atoms with E-state index in [1.54, 1.807) is 0 Å². The molecule has 0 radical (unpaired) electrons. The van der Waals surface area contributed by atoms with E-state index >= 15 is 0 Å². The van der Waals surface area contributed by atoms with Crippen LogP contribution in [0, 0.1) is 10.8 Å². The number of allylic oxidation sites excluding steroid dienone is 1. The molecular weight excluding hydrogens is 270 g/mol. The summed E-state index contributed by atoms with van der Waals surface area (Å²) < 4.78 is 0. The van der Waals surface area contributed by atoms with Gasteiger partial charge in [-0.15, -0.1) is 0 Å². The van der Waals surface area contributed by atoms with E-state index in [-0.39, 0.29) is 5.41 Å². The van der Waals surface area contributed by atoms with Crippen LogP contribution in [0.3, 0.4) is 0 Å². The van der Waals surface area contributed by atoms with Crippen molar-refractivity contribution in [3.05, 3.63) is 24.7 Å². The Kier molecular flexibility index (Phi) is 7.53. The Morgan fingerprint density at radius 1 is 0.727 bits per heavy atom. The van der Waals surface area contributed by atoms with Gasteiger partial charge < -0.3 is 14.7 Å². The first-order valence-electron chi connectivity index (χ1n) is 8.27. The van der Waals surface area contributed by atoms with Crippen molar-refractivity contribution in [3.63, 3.8) is 0 Å². The van der Waals surface area contributed by atoms with Crippen LogP contribution in [0.15, 0.2) is 24.7 Å². The molecule has 0 saturated heterocycles. The van der Waals surface area contributed by atoms with Crippen molar-refractivity contribution in [2.45, 2.75) is 48.0 Å². The predicted molar refractivity (Wildman–Crippen MR) is 99.7 cm³/mol.